The van der Waals surface area contributed by atoms with Crippen molar-refractivity contribution in [1.29, 1.82) is 0 Å². The van der Waals surface area contributed by atoms with Crippen molar-refractivity contribution in [2.24, 2.45) is 4.99 Å². The Morgan fingerprint density at radius 1 is 1.19 bits per heavy atom. The van der Waals surface area contributed by atoms with E-state index in [0.717, 1.165) is 18.4 Å². The largest absolute Gasteiger partial charge is 0.493 e. The fraction of sp³-hybridized carbons (Fsp3) is 0.321. The first-order valence-corrected chi connectivity index (χ1v) is 13.3. The monoisotopic (exact) mass is 540 g/mol. The summed E-state index contributed by atoms with van der Waals surface area (Å²) in [6.45, 7) is 6.40. The molecule has 0 N–H and O–H groups in total. The van der Waals surface area contributed by atoms with Crippen LogP contribution in [0, 0.1) is 0 Å². The van der Waals surface area contributed by atoms with Crippen LogP contribution >= 0.6 is 22.9 Å². The van der Waals surface area contributed by atoms with Crippen LogP contribution in [0.1, 0.15) is 50.8 Å². The molecule has 1 atom stereocenters. The number of unbranched alkanes of at least 4 members (excludes halogenated alkanes) is 1. The van der Waals surface area contributed by atoms with E-state index in [9.17, 15) is 9.59 Å². The van der Waals surface area contributed by atoms with Gasteiger partial charge in [-0.15, -0.1) is 0 Å². The molecule has 1 aliphatic rings. The third kappa shape index (κ3) is 5.50. The molecule has 9 heteroatoms. The number of esters is 1. The number of hydrogen-bond donors (Lipinski definition) is 0. The van der Waals surface area contributed by atoms with Gasteiger partial charge in [-0.05, 0) is 55.7 Å². The molecule has 0 aliphatic carbocycles. The molecular weight excluding hydrogens is 512 g/mol. The number of halogens is 1. The fourth-order valence-electron chi connectivity index (χ4n) is 4.15. The molecule has 37 heavy (non-hydrogen) atoms. The number of carbonyl (C=O) groups is 1. The summed E-state index contributed by atoms with van der Waals surface area (Å²) in [5.41, 5.74) is 1.92. The number of hydrogen-bond acceptors (Lipinski definition) is 7. The number of benzene rings is 2. The van der Waals surface area contributed by atoms with E-state index in [1.807, 2.05) is 30.3 Å². The SMILES string of the molecule is CCCCOc1ccc(/C=c2/sc3n(c2=O)[C@H](c2ccccc2Cl)C(C(=O)OCC)=C(C)N=3)cc1OC. The van der Waals surface area contributed by atoms with Crippen LogP contribution in [0.4, 0.5) is 0 Å². The number of allylic oxidation sites excluding steroid dienone is 1. The van der Waals surface area contributed by atoms with Gasteiger partial charge in [-0.1, -0.05) is 60.5 Å². The van der Waals surface area contributed by atoms with Crippen LogP contribution < -0.4 is 24.4 Å². The zero-order valence-electron chi connectivity index (χ0n) is 21.2. The second-order valence-electron chi connectivity index (χ2n) is 8.44. The summed E-state index contributed by atoms with van der Waals surface area (Å²) in [6.07, 6.45) is 3.77. The first kappa shape index (κ1) is 26.7. The van der Waals surface area contributed by atoms with E-state index in [2.05, 4.69) is 11.9 Å². The molecule has 0 saturated heterocycles. The van der Waals surface area contributed by atoms with Crippen LogP contribution in [0.5, 0.6) is 11.5 Å². The third-order valence-corrected chi connectivity index (χ3v) is 7.28. The smallest absolute Gasteiger partial charge is 0.338 e. The van der Waals surface area contributed by atoms with Crippen molar-refractivity contribution < 1.29 is 19.0 Å². The average molecular weight is 541 g/mol. The summed E-state index contributed by atoms with van der Waals surface area (Å²) in [5.74, 6) is 0.723. The Kier molecular flexibility index (Phi) is 8.51. The van der Waals surface area contributed by atoms with Crippen molar-refractivity contribution in [2.45, 2.75) is 39.7 Å². The lowest BCUT2D eigenvalue weighted by Gasteiger charge is -2.25. The number of carbonyl (C=O) groups excluding carboxylic acids is 1. The van der Waals surface area contributed by atoms with Gasteiger partial charge in [0, 0.05) is 5.02 Å². The zero-order valence-corrected chi connectivity index (χ0v) is 22.8. The third-order valence-electron chi connectivity index (χ3n) is 5.96. The Hall–Kier alpha value is -3.36. The molecule has 4 rings (SSSR count). The van der Waals surface area contributed by atoms with Crippen LogP contribution in [0.2, 0.25) is 5.02 Å². The van der Waals surface area contributed by atoms with Gasteiger partial charge in [-0.2, -0.15) is 0 Å². The van der Waals surface area contributed by atoms with Gasteiger partial charge in [0.25, 0.3) is 5.56 Å². The van der Waals surface area contributed by atoms with Gasteiger partial charge in [-0.25, -0.2) is 9.79 Å². The molecule has 0 spiro atoms. The molecule has 2 heterocycles. The maximum Gasteiger partial charge on any atom is 0.338 e. The van der Waals surface area contributed by atoms with Gasteiger partial charge in [0.15, 0.2) is 16.3 Å². The van der Waals surface area contributed by atoms with Crippen molar-refractivity contribution >= 4 is 35.0 Å². The lowest BCUT2D eigenvalue weighted by molar-refractivity contribution is -0.139. The standard InChI is InChI=1S/C28H29ClN2O5S/c1-5-7-14-36-21-13-12-18(15-22(21)34-4)16-23-26(32)31-25(19-10-8-9-11-20(19)29)24(27(33)35-6-2)17(3)30-28(31)37-23/h8-13,15-16,25H,5-7,14H2,1-4H3/b23-16+/t25-/m1/s1. The maximum absolute atomic E-state index is 13.7. The molecule has 0 fully saturated rings. The van der Waals surface area contributed by atoms with E-state index < -0.39 is 12.0 Å². The lowest BCUT2D eigenvalue weighted by Crippen LogP contribution is -2.40. The van der Waals surface area contributed by atoms with Crippen LogP contribution in [0.3, 0.4) is 0 Å². The second kappa shape index (κ2) is 11.8. The van der Waals surface area contributed by atoms with Crippen molar-refractivity contribution in [1.82, 2.24) is 4.57 Å². The highest BCUT2D eigenvalue weighted by molar-refractivity contribution is 7.07. The molecule has 3 aromatic rings. The highest BCUT2D eigenvalue weighted by Gasteiger charge is 2.34. The summed E-state index contributed by atoms with van der Waals surface area (Å²) in [5, 5.41) is 0.446. The number of ether oxygens (including phenoxy) is 3. The summed E-state index contributed by atoms with van der Waals surface area (Å²) in [7, 11) is 1.59. The van der Waals surface area contributed by atoms with Gasteiger partial charge in [0.2, 0.25) is 0 Å². The minimum absolute atomic E-state index is 0.204. The summed E-state index contributed by atoms with van der Waals surface area (Å²) in [4.78, 5) is 31.8. The minimum atomic E-state index is -0.755. The summed E-state index contributed by atoms with van der Waals surface area (Å²) >= 11 is 7.80. The highest BCUT2D eigenvalue weighted by Crippen LogP contribution is 2.34. The van der Waals surface area contributed by atoms with Gasteiger partial charge < -0.3 is 14.2 Å². The molecule has 0 saturated carbocycles. The number of methoxy groups -OCH3 is 1. The van der Waals surface area contributed by atoms with E-state index in [4.69, 9.17) is 25.8 Å². The van der Waals surface area contributed by atoms with Crippen molar-refractivity contribution in [3.05, 3.63) is 89.6 Å². The van der Waals surface area contributed by atoms with E-state index >= 15 is 0 Å². The second-order valence-corrected chi connectivity index (χ2v) is 9.85. The molecule has 1 aromatic heterocycles. The van der Waals surface area contributed by atoms with Crippen LogP contribution in [-0.2, 0) is 9.53 Å². The van der Waals surface area contributed by atoms with E-state index in [1.54, 1.807) is 39.2 Å². The molecule has 7 nitrogen and oxygen atoms in total. The molecule has 2 aromatic carbocycles. The van der Waals surface area contributed by atoms with Crippen LogP contribution in [-0.4, -0.2) is 30.9 Å². The van der Waals surface area contributed by atoms with Crippen molar-refractivity contribution in [3.8, 4) is 11.5 Å². The van der Waals surface area contributed by atoms with Gasteiger partial charge in [0.1, 0.15) is 6.04 Å². The summed E-state index contributed by atoms with van der Waals surface area (Å²) in [6, 6.07) is 12.0. The van der Waals surface area contributed by atoms with E-state index in [0.29, 0.717) is 49.3 Å². The number of fused-ring (bicyclic) bond motifs is 1. The number of nitrogens with zero attached hydrogens (tertiary/aromatic N) is 2. The quantitative estimate of drug-likeness (QED) is 0.292. The lowest BCUT2D eigenvalue weighted by atomic mass is 9.96. The first-order chi connectivity index (χ1) is 17.9. The topological polar surface area (TPSA) is 79.1 Å². The molecule has 194 valence electrons. The number of aromatic nitrogens is 1. The molecule has 0 radical (unpaired) electrons. The Morgan fingerprint density at radius 2 is 1.97 bits per heavy atom. The molecule has 0 amide bonds. The van der Waals surface area contributed by atoms with Crippen LogP contribution in [0.15, 0.2) is 63.5 Å². The Bertz CT molecular complexity index is 1520. The van der Waals surface area contributed by atoms with Gasteiger partial charge in [-0.3, -0.25) is 9.36 Å². The maximum atomic E-state index is 13.7. The Labute approximate surface area is 224 Å². The number of rotatable bonds is 9. The van der Waals surface area contributed by atoms with Crippen molar-refractivity contribution in [2.75, 3.05) is 20.3 Å². The van der Waals surface area contributed by atoms with E-state index in [1.165, 1.54) is 15.9 Å². The zero-order chi connectivity index (χ0) is 26.5. The first-order valence-electron chi connectivity index (χ1n) is 12.1. The minimum Gasteiger partial charge on any atom is -0.493 e. The van der Waals surface area contributed by atoms with Crippen LogP contribution in [0.25, 0.3) is 6.08 Å². The molecule has 0 unspecified atom stereocenters. The molecular formula is C28H29ClN2O5S. The summed E-state index contributed by atoms with van der Waals surface area (Å²) < 4.78 is 18.7. The Balaban J connectivity index is 1.85. The average Bonchev–Trinajstić information content (AvgIpc) is 3.18. The fourth-order valence-corrected chi connectivity index (χ4v) is 5.44. The number of thiazole rings is 1. The predicted octanol–water partition coefficient (Wildman–Crippen LogP) is 4.64. The predicted molar refractivity (Wildman–Crippen MR) is 145 cm³/mol. The molecule has 1 aliphatic heterocycles. The van der Waals surface area contributed by atoms with Gasteiger partial charge in [0.05, 0.1) is 36.1 Å². The van der Waals surface area contributed by atoms with Crippen molar-refractivity contribution in [3.63, 3.8) is 0 Å². The normalized spacial score (nSPS) is 15.3. The molecule has 0 bridgehead atoms. The van der Waals surface area contributed by atoms with Gasteiger partial charge >= 0.3 is 5.97 Å². The highest BCUT2D eigenvalue weighted by atomic mass is 35.5. The Morgan fingerprint density at radius 3 is 2.68 bits per heavy atom. The van der Waals surface area contributed by atoms with E-state index in [-0.39, 0.29) is 12.2 Å².